The first-order valence-corrected chi connectivity index (χ1v) is 6.94. The van der Waals surface area contributed by atoms with Crippen molar-refractivity contribution in [2.75, 3.05) is 19.6 Å². The number of carbonyl (C=O) groups excluding carboxylic acids is 1. The predicted molar refractivity (Wildman–Crippen MR) is 74.5 cm³/mol. The van der Waals surface area contributed by atoms with Gasteiger partial charge in [-0.05, 0) is 18.6 Å². The van der Waals surface area contributed by atoms with Crippen molar-refractivity contribution >= 4 is 16.8 Å². The van der Waals surface area contributed by atoms with E-state index in [1.165, 1.54) is 4.90 Å². The number of alkyl halides is 3. The van der Waals surface area contributed by atoms with E-state index in [4.69, 9.17) is 0 Å². The maximum absolute atomic E-state index is 12.4. The molecule has 1 aliphatic heterocycles. The van der Waals surface area contributed by atoms with Crippen LogP contribution in [-0.4, -0.2) is 52.9 Å². The second-order valence-electron chi connectivity index (χ2n) is 5.45. The highest BCUT2D eigenvalue weighted by Crippen LogP contribution is 2.21. The summed E-state index contributed by atoms with van der Waals surface area (Å²) in [7, 11) is 0. The van der Waals surface area contributed by atoms with Crippen LogP contribution in [0.3, 0.4) is 0 Å². The number of aromatic amines is 1. The molecular weight excluding hydrogens is 297 g/mol. The number of halogens is 3. The third kappa shape index (κ3) is 3.22. The lowest BCUT2D eigenvalue weighted by molar-refractivity contribution is -0.143. The van der Waals surface area contributed by atoms with Crippen molar-refractivity contribution in [2.24, 2.45) is 0 Å². The average molecular weight is 312 g/mol. The molecule has 1 saturated heterocycles. The number of H-pyrrole nitrogens is 1. The number of hydrogen-bond acceptors (Lipinski definition) is 3. The van der Waals surface area contributed by atoms with E-state index in [0.29, 0.717) is 23.9 Å². The van der Waals surface area contributed by atoms with Crippen LogP contribution in [0.5, 0.6) is 0 Å². The number of likely N-dealkylation sites (tertiary alicyclic amines) is 1. The van der Waals surface area contributed by atoms with E-state index in [1.807, 2.05) is 0 Å². The molecule has 5 nitrogen and oxygen atoms in total. The molecule has 118 valence electrons. The second kappa shape index (κ2) is 5.60. The van der Waals surface area contributed by atoms with Gasteiger partial charge in [-0.1, -0.05) is 6.07 Å². The number of aromatic nitrogens is 2. The molecule has 22 heavy (non-hydrogen) atoms. The Labute approximate surface area is 124 Å². The van der Waals surface area contributed by atoms with Gasteiger partial charge in [0.2, 0.25) is 0 Å². The van der Waals surface area contributed by atoms with Gasteiger partial charge in [0.1, 0.15) is 0 Å². The molecule has 3 rings (SSSR count). The zero-order valence-electron chi connectivity index (χ0n) is 11.7. The summed E-state index contributed by atoms with van der Waals surface area (Å²) < 4.78 is 37.1. The van der Waals surface area contributed by atoms with E-state index in [1.54, 1.807) is 24.4 Å². The Balaban J connectivity index is 1.64. The molecule has 0 aliphatic carbocycles. The minimum absolute atomic E-state index is 0.215. The van der Waals surface area contributed by atoms with Gasteiger partial charge in [-0.25, -0.2) is 0 Å². The maximum atomic E-state index is 12.4. The highest BCUT2D eigenvalue weighted by Gasteiger charge is 2.34. The van der Waals surface area contributed by atoms with Crippen LogP contribution in [-0.2, 0) is 0 Å². The summed E-state index contributed by atoms with van der Waals surface area (Å²) in [5.41, 5.74) is 1.22. The molecular formula is C14H15F3N4O. The summed E-state index contributed by atoms with van der Waals surface area (Å²) in [5.74, 6) is -0.286. The largest absolute Gasteiger partial charge is 0.401 e. The molecule has 2 aromatic rings. The van der Waals surface area contributed by atoms with Crippen molar-refractivity contribution in [3.05, 3.63) is 30.0 Å². The van der Waals surface area contributed by atoms with E-state index in [0.717, 1.165) is 5.52 Å². The first-order chi connectivity index (χ1) is 10.4. The molecule has 1 amide bonds. The average Bonchev–Trinajstić information content (AvgIpc) is 3.05. The zero-order chi connectivity index (χ0) is 15.7. The Kier molecular flexibility index (Phi) is 3.78. The van der Waals surface area contributed by atoms with Gasteiger partial charge in [-0.3, -0.25) is 14.8 Å². The van der Waals surface area contributed by atoms with Gasteiger partial charge < -0.3 is 5.32 Å². The zero-order valence-corrected chi connectivity index (χ0v) is 11.7. The standard InChI is InChI=1S/C14H15F3N4O/c15-14(16,17)8-21-5-4-9(7-21)19-13(22)10-2-1-3-12-11(10)6-18-20-12/h1-3,6,9H,4-5,7-8H2,(H,18,20)(H,19,22)/t9-/m1/s1. The predicted octanol–water partition coefficient (Wildman–Crippen LogP) is 1.93. The van der Waals surface area contributed by atoms with Crippen LogP contribution in [0, 0.1) is 0 Å². The smallest absolute Gasteiger partial charge is 0.348 e. The number of rotatable bonds is 3. The Morgan fingerprint density at radius 1 is 1.45 bits per heavy atom. The number of carbonyl (C=O) groups is 1. The lowest BCUT2D eigenvalue weighted by Crippen LogP contribution is -2.39. The van der Waals surface area contributed by atoms with Crippen LogP contribution >= 0.6 is 0 Å². The molecule has 2 heterocycles. The Morgan fingerprint density at radius 2 is 2.27 bits per heavy atom. The molecule has 1 aromatic carbocycles. The van der Waals surface area contributed by atoms with Crippen molar-refractivity contribution in [1.29, 1.82) is 0 Å². The van der Waals surface area contributed by atoms with E-state index in [2.05, 4.69) is 15.5 Å². The first kappa shape index (κ1) is 14.8. The maximum Gasteiger partial charge on any atom is 0.401 e. The quantitative estimate of drug-likeness (QED) is 0.910. The van der Waals surface area contributed by atoms with E-state index in [-0.39, 0.29) is 18.5 Å². The number of nitrogens with one attached hydrogen (secondary N) is 2. The Morgan fingerprint density at radius 3 is 3.05 bits per heavy atom. The highest BCUT2D eigenvalue weighted by molar-refractivity contribution is 6.06. The lowest BCUT2D eigenvalue weighted by Gasteiger charge is -2.18. The van der Waals surface area contributed by atoms with Gasteiger partial charge >= 0.3 is 6.18 Å². The molecule has 1 atom stereocenters. The first-order valence-electron chi connectivity index (χ1n) is 6.94. The third-order valence-electron chi connectivity index (χ3n) is 3.74. The number of fused-ring (bicyclic) bond motifs is 1. The fourth-order valence-corrected chi connectivity index (χ4v) is 2.78. The summed E-state index contributed by atoms with van der Waals surface area (Å²) in [6, 6.07) is 4.95. The molecule has 0 radical (unpaired) electrons. The third-order valence-corrected chi connectivity index (χ3v) is 3.74. The van der Waals surface area contributed by atoms with Gasteiger partial charge in [0.15, 0.2) is 0 Å². The van der Waals surface area contributed by atoms with Crippen molar-refractivity contribution < 1.29 is 18.0 Å². The highest BCUT2D eigenvalue weighted by atomic mass is 19.4. The summed E-state index contributed by atoms with van der Waals surface area (Å²) >= 11 is 0. The Hall–Kier alpha value is -2.09. The molecule has 0 saturated carbocycles. The van der Waals surface area contributed by atoms with Crippen molar-refractivity contribution in [3.8, 4) is 0 Å². The summed E-state index contributed by atoms with van der Waals surface area (Å²) in [6.45, 7) is -0.385. The number of hydrogen-bond donors (Lipinski definition) is 2. The van der Waals surface area contributed by atoms with Gasteiger partial charge in [0, 0.05) is 24.5 Å². The molecule has 2 N–H and O–H groups in total. The molecule has 0 bridgehead atoms. The lowest BCUT2D eigenvalue weighted by atomic mass is 10.1. The van der Waals surface area contributed by atoms with Crippen molar-refractivity contribution in [1.82, 2.24) is 20.4 Å². The SMILES string of the molecule is O=C(N[C@@H]1CCN(CC(F)(F)F)C1)c1cccc2[nH]ncc12. The van der Waals surface area contributed by atoms with Gasteiger partial charge in [-0.2, -0.15) is 18.3 Å². The second-order valence-corrected chi connectivity index (χ2v) is 5.45. The van der Waals surface area contributed by atoms with E-state index >= 15 is 0 Å². The van der Waals surface area contributed by atoms with Crippen LogP contribution in [0.15, 0.2) is 24.4 Å². The van der Waals surface area contributed by atoms with Crippen LogP contribution in [0.2, 0.25) is 0 Å². The van der Waals surface area contributed by atoms with Gasteiger partial charge in [0.05, 0.1) is 23.8 Å². The Bertz CT molecular complexity index is 682. The number of benzene rings is 1. The van der Waals surface area contributed by atoms with E-state index in [9.17, 15) is 18.0 Å². The minimum atomic E-state index is -4.21. The monoisotopic (exact) mass is 312 g/mol. The van der Waals surface area contributed by atoms with Crippen LogP contribution in [0.4, 0.5) is 13.2 Å². The van der Waals surface area contributed by atoms with Crippen LogP contribution in [0.1, 0.15) is 16.8 Å². The van der Waals surface area contributed by atoms with Gasteiger partial charge in [0.25, 0.3) is 5.91 Å². The molecule has 0 unspecified atom stereocenters. The normalized spacial score (nSPS) is 19.7. The summed E-state index contributed by atoms with van der Waals surface area (Å²) in [6.07, 6.45) is -2.13. The van der Waals surface area contributed by atoms with E-state index < -0.39 is 12.7 Å². The van der Waals surface area contributed by atoms with Crippen molar-refractivity contribution in [3.63, 3.8) is 0 Å². The minimum Gasteiger partial charge on any atom is -0.348 e. The molecule has 8 heteroatoms. The van der Waals surface area contributed by atoms with Gasteiger partial charge in [-0.15, -0.1) is 0 Å². The molecule has 0 spiro atoms. The summed E-state index contributed by atoms with van der Waals surface area (Å²) in [5, 5.41) is 10.2. The number of nitrogens with zero attached hydrogens (tertiary/aromatic N) is 2. The van der Waals surface area contributed by atoms with Crippen LogP contribution < -0.4 is 5.32 Å². The molecule has 1 fully saturated rings. The summed E-state index contributed by atoms with van der Waals surface area (Å²) in [4.78, 5) is 13.6. The molecule has 1 aliphatic rings. The van der Waals surface area contributed by atoms with Crippen LogP contribution in [0.25, 0.3) is 10.9 Å². The topological polar surface area (TPSA) is 61.0 Å². The fourth-order valence-electron chi connectivity index (χ4n) is 2.78. The fraction of sp³-hybridized carbons (Fsp3) is 0.429. The van der Waals surface area contributed by atoms with Crippen molar-refractivity contribution in [2.45, 2.75) is 18.6 Å². The molecule has 1 aromatic heterocycles. The number of amides is 1.